The molecule has 0 amide bonds. The zero-order valence-electron chi connectivity index (χ0n) is 8.02. The van der Waals surface area contributed by atoms with E-state index in [1.54, 1.807) is 0 Å². The van der Waals surface area contributed by atoms with Crippen molar-refractivity contribution in [3.63, 3.8) is 0 Å². The highest BCUT2D eigenvalue weighted by Gasteiger charge is 2.23. The first-order valence-corrected chi connectivity index (χ1v) is 11.3. The standard InChI is InChI=1S/C8H20OSi2/c1-11(2,3)10-8-6-4-5-7-9-8/h8H,4-7,10H2,1-3H3. The van der Waals surface area contributed by atoms with Gasteiger partial charge in [0, 0.05) is 19.9 Å². The zero-order valence-corrected chi connectivity index (χ0v) is 10.4. The third-order valence-corrected chi connectivity index (χ3v) is 9.48. The zero-order chi connectivity index (χ0) is 8.32. The number of hydrogen-bond acceptors (Lipinski definition) is 1. The second kappa shape index (κ2) is 3.87. The minimum atomic E-state index is -0.731. The van der Waals surface area contributed by atoms with E-state index >= 15 is 0 Å². The molecule has 0 aromatic rings. The van der Waals surface area contributed by atoms with Gasteiger partial charge in [0.25, 0.3) is 0 Å². The molecular weight excluding hydrogens is 168 g/mol. The van der Waals surface area contributed by atoms with Gasteiger partial charge in [0.2, 0.25) is 0 Å². The molecule has 0 aromatic heterocycles. The molecule has 1 heterocycles. The van der Waals surface area contributed by atoms with Gasteiger partial charge in [0.15, 0.2) is 0 Å². The molecule has 0 radical (unpaired) electrons. The first kappa shape index (κ1) is 9.48. The number of hydrogen-bond donors (Lipinski definition) is 0. The summed E-state index contributed by atoms with van der Waals surface area (Å²) in [6, 6.07) is 0. The summed E-state index contributed by atoms with van der Waals surface area (Å²) in [6.07, 6.45) is 4.09. The lowest BCUT2D eigenvalue weighted by molar-refractivity contribution is 0.0664. The van der Waals surface area contributed by atoms with Crippen LogP contribution in [-0.4, -0.2) is 29.0 Å². The maximum atomic E-state index is 5.75. The molecule has 0 aliphatic carbocycles. The van der Waals surface area contributed by atoms with Crippen LogP contribution < -0.4 is 0 Å². The molecule has 0 aromatic carbocycles. The number of rotatable bonds is 2. The molecule has 3 heteroatoms. The van der Waals surface area contributed by atoms with E-state index in [1.807, 2.05) is 0 Å². The fourth-order valence-electron chi connectivity index (χ4n) is 1.65. The van der Waals surface area contributed by atoms with Crippen LogP contribution in [0.4, 0.5) is 0 Å². The van der Waals surface area contributed by atoms with Crippen LogP contribution in [-0.2, 0) is 4.74 Å². The molecule has 11 heavy (non-hydrogen) atoms. The van der Waals surface area contributed by atoms with E-state index in [4.69, 9.17) is 4.74 Å². The molecule has 1 atom stereocenters. The normalized spacial score (nSPS) is 28.1. The van der Waals surface area contributed by atoms with Gasteiger partial charge in [0.05, 0.1) is 9.04 Å². The maximum Gasteiger partial charge on any atom is 0.0504 e. The van der Waals surface area contributed by atoms with Crippen LogP contribution >= 0.6 is 0 Å². The van der Waals surface area contributed by atoms with Crippen molar-refractivity contribution in [3.8, 4) is 0 Å². The summed E-state index contributed by atoms with van der Waals surface area (Å²) in [7, 11) is -0.610. The van der Waals surface area contributed by atoms with Gasteiger partial charge in [-0.1, -0.05) is 19.6 Å². The van der Waals surface area contributed by atoms with E-state index in [0.717, 1.165) is 12.3 Å². The van der Waals surface area contributed by atoms with E-state index in [1.165, 1.54) is 19.3 Å². The second-order valence-corrected chi connectivity index (χ2v) is 18.8. The highest BCUT2D eigenvalue weighted by Crippen LogP contribution is 2.14. The predicted octanol–water partition coefficient (Wildman–Crippen LogP) is 1.52. The van der Waals surface area contributed by atoms with Crippen LogP contribution in [0.5, 0.6) is 0 Å². The highest BCUT2D eigenvalue weighted by atomic mass is 29.2. The fourth-order valence-corrected chi connectivity index (χ4v) is 8.86. The summed E-state index contributed by atoms with van der Waals surface area (Å²) in [5, 5.41) is 0. The van der Waals surface area contributed by atoms with E-state index in [9.17, 15) is 0 Å². The SMILES string of the molecule is C[Si](C)(C)[SiH2]C1CCCCO1. The third kappa shape index (κ3) is 4.08. The second-order valence-electron chi connectivity index (χ2n) is 4.75. The highest BCUT2D eigenvalue weighted by molar-refractivity contribution is 7.23. The van der Waals surface area contributed by atoms with Crippen LogP contribution in [0.1, 0.15) is 19.3 Å². The molecule has 0 bridgehead atoms. The minimum absolute atomic E-state index is 0.121. The Morgan fingerprint density at radius 3 is 2.45 bits per heavy atom. The fraction of sp³-hybridized carbons (Fsp3) is 1.00. The van der Waals surface area contributed by atoms with Crippen molar-refractivity contribution in [1.29, 1.82) is 0 Å². The molecule has 0 spiro atoms. The molecule has 1 aliphatic rings. The molecule has 1 fully saturated rings. The monoisotopic (exact) mass is 188 g/mol. The topological polar surface area (TPSA) is 9.23 Å². The van der Waals surface area contributed by atoms with Gasteiger partial charge in [-0.05, 0) is 19.3 Å². The molecule has 1 nitrogen and oxygen atoms in total. The third-order valence-electron chi connectivity index (χ3n) is 2.11. The smallest absolute Gasteiger partial charge is 0.0504 e. The molecule has 0 saturated carbocycles. The van der Waals surface area contributed by atoms with Gasteiger partial charge < -0.3 is 4.74 Å². The van der Waals surface area contributed by atoms with Crippen LogP contribution in [0.2, 0.25) is 19.6 Å². The van der Waals surface area contributed by atoms with Gasteiger partial charge in [-0.2, -0.15) is 0 Å². The summed E-state index contributed by atoms with van der Waals surface area (Å²) in [4.78, 5) is 0. The first-order chi connectivity index (χ1) is 5.08. The summed E-state index contributed by atoms with van der Waals surface area (Å²) in [6.45, 7) is 8.49. The Morgan fingerprint density at radius 1 is 1.27 bits per heavy atom. The van der Waals surface area contributed by atoms with E-state index in [-0.39, 0.29) is 9.04 Å². The average Bonchev–Trinajstić information content (AvgIpc) is 1.85. The summed E-state index contributed by atoms with van der Waals surface area (Å²) >= 11 is 0. The Labute approximate surface area is 73.1 Å². The van der Waals surface area contributed by atoms with Crippen molar-refractivity contribution in [2.45, 2.75) is 44.6 Å². The largest absolute Gasteiger partial charge is 0.383 e. The van der Waals surface area contributed by atoms with Crippen molar-refractivity contribution in [2.24, 2.45) is 0 Å². The minimum Gasteiger partial charge on any atom is -0.383 e. The molecular formula is C8H20OSi2. The van der Waals surface area contributed by atoms with E-state index in [2.05, 4.69) is 19.6 Å². The molecule has 0 N–H and O–H groups in total. The van der Waals surface area contributed by atoms with E-state index in [0.29, 0.717) is 0 Å². The van der Waals surface area contributed by atoms with Gasteiger partial charge in [-0.25, -0.2) is 0 Å². The maximum absolute atomic E-state index is 5.75. The van der Waals surface area contributed by atoms with Crippen molar-refractivity contribution >= 4 is 16.6 Å². The lowest BCUT2D eigenvalue weighted by Gasteiger charge is -2.27. The van der Waals surface area contributed by atoms with Crippen molar-refractivity contribution in [2.75, 3.05) is 6.61 Å². The lowest BCUT2D eigenvalue weighted by atomic mass is 10.2. The Hall–Kier alpha value is 0.394. The van der Waals surface area contributed by atoms with Crippen molar-refractivity contribution in [3.05, 3.63) is 0 Å². The first-order valence-electron chi connectivity index (χ1n) is 4.69. The van der Waals surface area contributed by atoms with Crippen molar-refractivity contribution < 1.29 is 4.74 Å². The Bertz CT molecular complexity index is 114. The van der Waals surface area contributed by atoms with Gasteiger partial charge in [0.1, 0.15) is 0 Å². The lowest BCUT2D eigenvalue weighted by Crippen LogP contribution is -2.41. The average molecular weight is 188 g/mol. The molecule has 1 unspecified atom stereocenters. The van der Waals surface area contributed by atoms with Crippen LogP contribution in [0.25, 0.3) is 0 Å². The molecule has 66 valence electrons. The summed E-state index contributed by atoms with van der Waals surface area (Å²) < 4.78 is 5.75. The Kier molecular flexibility index (Phi) is 3.34. The van der Waals surface area contributed by atoms with Crippen molar-refractivity contribution in [1.82, 2.24) is 0 Å². The van der Waals surface area contributed by atoms with E-state index < -0.39 is 7.59 Å². The van der Waals surface area contributed by atoms with Crippen LogP contribution in [0.15, 0.2) is 0 Å². The molecule has 1 saturated heterocycles. The van der Waals surface area contributed by atoms with Gasteiger partial charge in [-0.15, -0.1) is 0 Å². The number of ether oxygens (including phenoxy) is 1. The summed E-state index contributed by atoms with van der Waals surface area (Å²) in [5.74, 6) is 0. The summed E-state index contributed by atoms with van der Waals surface area (Å²) in [5.41, 5.74) is 0.746. The van der Waals surface area contributed by atoms with Crippen LogP contribution in [0, 0.1) is 0 Å². The quantitative estimate of drug-likeness (QED) is 0.597. The Balaban J connectivity index is 2.24. The van der Waals surface area contributed by atoms with Crippen LogP contribution in [0.3, 0.4) is 0 Å². The molecule has 1 rings (SSSR count). The molecule has 1 aliphatic heterocycles. The Morgan fingerprint density at radius 2 is 2.00 bits per heavy atom. The van der Waals surface area contributed by atoms with Gasteiger partial charge in [-0.3, -0.25) is 0 Å². The predicted molar refractivity (Wildman–Crippen MR) is 55.5 cm³/mol. The van der Waals surface area contributed by atoms with Gasteiger partial charge >= 0.3 is 0 Å².